The largest absolute Gasteiger partial charge is 0.494 e. The van der Waals surface area contributed by atoms with Gasteiger partial charge in [-0.2, -0.15) is 4.98 Å². The third-order valence-electron chi connectivity index (χ3n) is 4.37. The monoisotopic (exact) mass is 399 g/mol. The smallest absolute Gasteiger partial charge is 0.342 e. The molecule has 3 aromatic rings. The van der Waals surface area contributed by atoms with E-state index >= 15 is 0 Å². The lowest BCUT2D eigenvalue weighted by Gasteiger charge is -2.16. The molecule has 0 saturated heterocycles. The Morgan fingerprint density at radius 1 is 1.17 bits per heavy atom. The highest BCUT2D eigenvalue weighted by Gasteiger charge is 2.23. The minimum Gasteiger partial charge on any atom is -0.494 e. The van der Waals surface area contributed by atoms with E-state index in [1.807, 2.05) is 43.1 Å². The molecule has 0 spiro atoms. The molecule has 0 saturated carbocycles. The molecule has 8 heteroatoms. The molecule has 1 aromatic carbocycles. The number of carbonyl (C=O) groups is 1. The zero-order chi connectivity index (χ0) is 21.0. The van der Waals surface area contributed by atoms with Gasteiger partial charge in [0.25, 0.3) is 5.56 Å². The van der Waals surface area contributed by atoms with Crippen LogP contribution in [0.1, 0.15) is 41.4 Å². The lowest BCUT2D eigenvalue weighted by Crippen LogP contribution is -2.22. The van der Waals surface area contributed by atoms with Crippen molar-refractivity contribution in [1.82, 2.24) is 14.9 Å². The summed E-state index contributed by atoms with van der Waals surface area (Å²) in [6, 6.07) is 7.87. The fourth-order valence-corrected chi connectivity index (χ4v) is 3.17. The number of fused-ring (bicyclic) bond motifs is 1. The number of benzene rings is 1. The van der Waals surface area contributed by atoms with Gasteiger partial charge in [0, 0.05) is 6.54 Å². The summed E-state index contributed by atoms with van der Waals surface area (Å²) >= 11 is 0. The van der Waals surface area contributed by atoms with Crippen molar-refractivity contribution in [2.45, 2.75) is 33.9 Å². The molecule has 0 amide bonds. The van der Waals surface area contributed by atoms with Gasteiger partial charge < -0.3 is 18.9 Å². The van der Waals surface area contributed by atoms with E-state index < -0.39 is 11.5 Å². The van der Waals surface area contributed by atoms with E-state index in [1.54, 1.807) is 13.8 Å². The van der Waals surface area contributed by atoms with Crippen LogP contribution in [0.4, 0.5) is 0 Å². The summed E-state index contributed by atoms with van der Waals surface area (Å²) in [5.41, 5.74) is 0.959. The molecule has 0 fully saturated rings. The number of hydrogen-bond donors (Lipinski definition) is 1. The number of H-pyrrole nitrogens is 1. The summed E-state index contributed by atoms with van der Waals surface area (Å²) in [4.78, 5) is 33.9. The summed E-state index contributed by atoms with van der Waals surface area (Å²) < 4.78 is 16.0. The van der Waals surface area contributed by atoms with Gasteiger partial charge in [-0.25, -0.2) is 4.79 Å². The second-order valence-corrected chi connectivity index (χ2v) is 6.70. The number of nitrogens with one attached hydrogen (secondary N) is 1. The predicted molar refractivity (Wildman–Crippen MR) is 108 cm³/mol. The van der Waals surface area contributed by atoms with E-state index in [4.69, 9.17) is 13.9 Å². The van der Waals surface area contributed by atoms with Crippen molar-refractivity contribution >= 4 is 17.1 Å². The Balaban J connectivity index is 1.78. The molecule has 29 heavy (non-hydrogen) atoms. The third kappa shape index (κ3) is 4.65. The zero-order valence-electron chi connectivity index (χ0n) is 17.1. The predicted octanol–water partition coefficient (Wildman–Crippen LogP) is 3.03. The molecule has 0 atom stereocenters. The maximum Gasteiger partial charge on any atom is 0.342 e. The van der Waals surface area contributed by atoms with Crippen LogP contribution in [0.15, 0.2) is 33.5 Å². The lowest BCUT2D eigenvalue weighted by atomic mass is 10.2. The number of aryl methyl sites for hydroxylation is 1. The van der Waals surface area contributed by atoms with E-state index in [2.05, 4.69) is 9.97 Å². The van der Waals surface area contributed by atoms with Gasteiger partial charge in [0.2, 0.25) is 5.71 Å². The highest BCUT2D eigenvalue weighted by atomic mass is 16.5. The summed E-state index contributed by atoms with van der Waals surface area (Å²) in [6.45, 7) is 7.19. The Morgan fingerprint density at radius 3 is 2.55 bits per heavy atom. The van der Waals surface area contributed by atoms with Crippen molar-refractivity contribution in [2.75, 3.05) is 20.3 Å². The van der Waals surface area contributed by atoms with E-state index in [1.165, 1.54) is 0 Å². The Morgan fingerprint density at radius 2 is 1.90 bits per heavy atom. The molecule has 2 heterocycles. The highest BCUT2D eigenvalue weighted by molar-refractivity contribution is 6.03. The van der Waals surface area contributed by atoms with Crippen LogP contribution in [0, 0.1) is 6.92 Å². The minimum atomic E-state index is -0.587. The Labute approximate surface area is 168 Å². The van der Waals surface area contributed by atoms with Crippen molar-refractivity contribution in [3.63, 3.8) is 0 Å². The number of aromatic nitrogens is 2. The highest BCUT2D eigenvalue weighted by Crippen LogP contribution is 2.22. The number of aromatic amines is 1. The van der Waals surface area contributed by atoms with E-state index in [0.29, 0.717) is 31.3 Å². The summed E-state index contributed by atoms with van der Waals surface area (Å²) in [5.74, 6) is 1.02. The number of carbonyl (C=O) groups excluding carboxylic acids is 1. The van der Waals surface area contributed by atoms with Crippen LogP contribution in [0.5, 0.6) is 5.75 Å². The molecule has 1 N–H and O–H groups in total. The second-order valence-electron chi connectivity index (χ2n) is 6.70. The first-order valence-corrected chi connectivity index (χ1v) is 9.52. The van der Waals surface area contributed by atoms with Gasteiger partial charge in [0.05, 0.1) is 19.8 Å². The molecule has 154 valence electrons. The first-order valence-electron chi connectivity index (χ1n) is 9.52. The van der Waals surface area contributed by atoms with Crippen molar-refractivity contribution in [1.29, 1.82) is 0 Å². The average molecular weight is 399 g/mol. The molecule has 0 aliphatic carbocycles. The number of hydrogen-bond acceptors (Lipinski definition) is 7. The first kappa shape index (κ1) is 20.6. The molecule has 8 nitrogen and oxygen atoms in total. The van der Waals surface area contributed by atoms with E-state index in [-0.39, 0.29) is 23.3 Å². The summed E-state index contributed by atoms with van der Waals surface area (Å²) in [7, 11) is 1.93. The Kier molecular flexibility index (Phi) is 6.33. The van der Waals surface area contributed by atoms with Crippen LogP contribution >= 0.6 is 0 Å². The van der Waals surface area contributed by atoms with Crippen molar-refractivity contribution in [3.8, 4) is 5.75 Å². The summed E-state index contributed by atoms with van der Waals surface area (Å²) in [6.07, 6.45) is 0. The molecule has 0 radical (unpaired) electrons. The summed E-state index contributed by atoms with van der Waals surface area (Å²) in [5, 5.41) is 0.124. The van der Waals surface area contributed by atoms with Gasteiger partial charge in [-0.15, -0.1) is 0 Å². The number of rotatable bonds is 8. The minimum absolute atomic E-state index is 0.124. The molecular formula is C21H25N3O5. The van der Waals surface area contributed by atoms with Gasteiger partial charge >= 0.3 is 5.97 Å². The van der Waals surface area contributed by atoms with Crippen LogP contribution in [0.3, 0.4) is 0 Å². The molecule has 2 aromatic heterocycles. The SMILES string of the molecule is CCOC(=O)c1c(C)oc2nc(CN(C)Cc3ccc(OCC)cc3)[nH]c(=O)c12. The Hall–Kier alpha value is -3.13. The fourth-order valence-electron chi connectivity index (χ4n) is 3.17. The van der Waals surface area contributed by atoms with Crippen molar-refractivity contribution in [2.24, 2.45) is 0 Å². The van der Waals surface area contributed by atoms with Gasteiger partial charge in [0.1, 0.15) is 28.3 Å². The van der Waals surface area contributed by atoms with E-state index in [0.717, 1.165) is 11.3 Å². The molecular weight excluding hydrogens is 374 g/mol. The lowest BCUT2D eigenvalue weighted by molar-refractivity contribution is 0.0526. The maximum atomic E-state index is 12.6. The molecule has 0 unspecified atom stereocenters. The number of esters is 1. The van der Waals surface area contributed by atoms with Gasteiger partial charge in [-0.05, 0) is 45.5 Å². The number of ether oxygens (including phenoxy) is 2. The van der Waals surface area contributed by atoms with E-state index in [9.17, 15) is 9.59 Å². The molecule has 0 bridgehead atoms. The molecule has 3 rings (SSSR count). The topological polar surface area (TPSA) is 97.7 Å². The maximum absolute atomic E-state index is 12.6. The van der Waals surface area contributed by atoms with Crippen LogP contribution in [0.2, 0.25) is 0 Å². The fraction of sp³-hybridized carbons (Fsp3) is 0.381. The van der Waals surface area contributed by atoms with Gasteiger partial charge in [0.15, 0.2) is 0 Å². The molecule has 0 aliphatic heterocycles. The standard InChI is InChI=1S/C21H25N3O5/c1-5-27-15-9-7-14(8-10-15)11-24(4)12-16-22-19(25)18-17(21(26)28-6-2)13(3)29-20(18)23-16/h7-10H,5-6,11-12H2,1-4H3,(H,22,23,25). The van der Waals surface area contributed by atoms with Crippen LogP contribution < -0.4 is 10.3 Å². The normalized spacial score (nSPS) is 11.2. The number of nitrogens with zero attached hydrogens (tertiary/aromatic N) is 2. The van der Waals surface area contributed by atoms with Crippen molar-refractivity contribution < 1.29 is 18.7 Å². The quantitative estimate of drug-likeness (QED) is 0.581. The average Bonchev–Trinajstić information content (AvgIpc) is 3.00. The number of furan rings is 1. The van der Waals surface area contributed by atoms with Crippen LogP contribution in [0.25, 0.3) is 11.1 Å². The Bertz CT molecular complexity index is 1050. The first-order chi connectivity index (χ1) is 13.9. The van der Waals surface area contributed by atoms with Gasteiger partial charge in [-0.1, -0.05) is 12.1 Å². The van der Waals surface area contributed by atoms with Crippen LogP contribution in [-0.4, -0.2) is 41.1 Å². The zero-order valence-corrected chi connectivity index (χ0v) is 17.1. The third-order valence-corrected chi connectivity index (χ3v) is 4.37. The van der Waals surface area contributed by atoms with Crippen LogP contribution in [-0.2, 0) is 17.8 Å². The second kappa shape index (κ2) is 8.91. The van der Waals surface area contributed by atoms with Crippen molar-refractivity contribution in [3.05, 3.63) is 57.3 Å². The van der Waals surface area contributed by atoms with Gasteiger partial charge in [-0.3, -0.25) is 9.69 Å². The molecule has 0 aliphatic rings.